The molecule has 158 valence electrons. The number of fused-ring (bicyclic) bond motifs is 1. The average molecular weight is 450 g/mol. The summed E-state index contributed by atoms with van der Waals surface area (Å²) in [6.45, 7) is 2.85. The maximum absolute atomic E-state index is 12.9. The van der Waals surface area contributed by atoms with Crippen molar-refractivity contribution >= 4 is 52.5 Å². The van der Waals surface area contributed by atoms with Gasteiger partial charge in [-0.05, 0) is 44.4 Å². The van der Waals surface area contributed by atoms with Crippen molar-refractivity contribution in [1.29, 1.82) is 0 Å². The van der Waals surface area contributed by atoms with Gasteiger partial charge in [-0.15, -0.1) is 0 Å². The quantitative estimate of drug-likeness (QED) is 0.664. The van der Waals surface area contributed by atoms with E-state index in [0.29, 0.717) is 21.7 Å². The summed E-state index contributed by atoms with van der Waals surface area (Å²) >= 11 is 12.0. The molecule has 1 saturated heterocycles. The molecule has 4 rings (SSSR count). The predicted molar refractivity (Wildman–Crippen MR) is 117 cm³/mol. The standard InChI is InChI=1S/C20H21Cl2N5O3/c1-10-4-2-3-5-27(10)20-25-17-16(19(30)26-20)14(9-15(28)24-17)18(29)23-13-7-11(21)6-12(22)8-13/h6-8,10,14H,2-5,9H2,1H3,(H,23,29)(H2,24,25,26,28,30)/t10-,14+/m0/s1. The van der Waals surface area contributed by atoms with Gasteiger partial charge in [-0.3, -0.25) is 19.4 Å². The summed E-state index contributed by atoms with van der Waals surface area (Å²) in [6.07, 6.45) is 2.97. The van der Waals surface area contributed by atoms with Gasteiger partial charge in [-0.1, -0.05) is 23.2 Å². The van der Waals surface area contributed by atoms with E-state index in [1.807, 2.05) is 4.90 Å². The molecule has 1 aromatic carbocycles. The Morgan fingerprint density at radius 1 is 1.20 bits per heavy atom. The van der Waals surface area contributed by atoms with Gasteiger partial charge in [-0.2, -0.15) is 4.98 Å². The van der Waals surface area contributed by atoms with Crippen molar-refractivity contribution in [1.82, 2.24) is 9.97 Å². The molecule has 3 heterocycles. The van der Waals surface area contributed by atoms with Crippen LogP contribution in [-0.4, -0.2) is 34.4 Å². The number of aromatic nitrogens is 2. The van der Waals surface area contributed by atoms with Gasteiger partial charge in [-0.25, -0.2) is 0 Å². The van der Waals surface area contributed by atoms with Crippen LogP contribution in [0.5, 0.6) is 0 Å². The van der Waals surface area contributed by atoms with Gasteiger partial charge >= 0.3 is 0 Å². The number of rotatable bonds is 3. The van der Waals surface area contributed by atoms with Crippen molar-refractivity contribution in [3.63, 3.8) is 0 Å². The molecule has 30 heavy (non-hydrogen) atoms. The zero-order valence-corrected chi connectivity index (χ0v) is 17.8. The smallest absolute Gasteiger partial charge is 0.258 e. The summed E-state index contributed by atoms with van der Waals surface area (Å²) in [5.74, 6) is -1.31. The highest BCUT2D eigenvalue weighted by molar-refractivity contribution is 6.35. The number of amides is 2. The molecular formula is C20H21Cl2N5O3. The van der Waals surface area contributed by atoms with Crippen LogP contribution in [0, 0.1) is 0 Å². The van der Waals surface area contributed by atoms with Crippen LogP contribution < -0.4 is 21.1 Å². The van der Waals surface area contributed by atoms with Crippen LogP contribution in [0.25, 0.3) is 0 Å². The first-order chi connectivity index (χ1) is 14.3. The Balaban J connectivity index is 1.66. The molecule has 2 amide bonds. The third-order valence-electron chi connectivity index (χ3n) is 5.46. The van der Waals surface area contributed by atoms with E-state index in [4.69, 9.17) is 23.2 Å². The summed E-state index contributed by atoms with van der Waals surface area (Å²) in [6, 6.07) is 4.85. The highest BCUT2D eigenvalue weighted by Crippen LogP contribution is 2.32. The number of anilines is 3. The largest absolute Gasteiger partial charge is 0.340 e. The maximum Gasteiger partial charge on any atom is 0.258 e. The first-order valence-corrected chi connectivity index (χ1v) is 10.5. The Labute approximate surface area is 183 Å². The van der Waals surface area contributed by atoms with Crippen molar-refractivity contribution in [3.8, 4) is 0 Å². The Bertz CT molecular complexity index is 1050. The lowest BCUT2D eigenvalue weighted by molar-refractivity contribution is -0.123. The fourth-order valence-electron chi connectivity index (χ4n) is 3.99. The monoisotopic (exact) mass is 449 g/mol. The molecule has 2 aromatic rings. The number of benzene rings is 1. The van der Waals surface area contributed by atoms with Gasteiger partial charge in [0.2, 0.25) is 17.8 Å². The van der Waals surface area contributed by atoms with Crippen LogP contribution in [0.1, 0.15) is 44.1 Å². The van der Waals surface area contributed by atoms with Crippen molar-refractivity contribution in [2.75, 3.05) is 22.1 Å². The van der Waals surface area contributed by atoms with Crippen LogP contribution >= 0.6 is 23.2 Å². The van der Waals surface area contributed by atoms with Gasteiger partial charge in [0.05, 0.1) is 11.5 Å². The number of H-pyrrole nitrogens is 1. The lowest BCUT2D eigenvalue weighted by Crippen LogP contribution is -2.42. The molecule has 0 aliphatic carbocycles. The zero-order valence-electron chi connectivity index (χ0n) is 16.3. The molecule has 0 unspecified atom stereocenters. The fourth-order valence-corrected chi connectivity index (χ4v) is 4.51. The average Bonchev–Trinajstić information content (AvgIpc) is 2.66. The van der Waals surface area contributed by atoms with E-state index in [1.165, 1.54) is 0 Å². The second kappa shape index (κ2) is 8.28. The second-order valence-electron chi connectivity index (χ2n) is 7.64. The predicted octanol–water partition coefficient (Wildman–Crippen LogP) is 3.52. The SMILES string of the molecule is C[C@H]1CCCCN1c1nc2c(c(=O)[nH]1)[C@H](C(=O)Nc1cc(Cl)cc(Cl)c1)CC(=O)N2. The molecule has 10 heteroatoms. The Hall–Kier alpha value is -2.58. The van der Waals surface area contributed by atoms with Gasteiger partial charge in [0.15, 0.2) is 0 Å². The highest BCUT2D eigenvalue weighted by Gasteiger charge is 2.35. The number of carbonyl (C=O) groups is 2. The normalized spacial score (nSPS) is 21.0. The van der Waals surface area contributed by atoms with E-state index in [0.717, 1.165) is 25.8 Å². The third-order valence-corrected chi connectivity index (χ3v) is 5.90. The Morgan fingerprint density at radius 2 is 1.93 bits per heavy atom. The van der Waals surface area contributed by atoms with E-state index in [2.05, 4.69) is 27.5 Å². The maximum atomic E-state index is 12.9. The van der Waals surface area contributed by atoms with Crippen molar-refractivity contribution in [3.05, 3.63) is 44.2 Å². The molecule has 0 radical (unpaired) electrons. The number of carbonyl (C=O) groups excluding carboxylic acids is 2. The minimum Gasteiger partial charge on any atom is -0.340 e. The fraction of sp³-hybridized carbons (Fsp3) is 0.400. The van der Waals surface area contributed by atoms with Gasteiger partial charge in [0.25, 0.3) is 5.56 Å². The number of aromatic amines is 1. The number of halogens is 2. The minimum absolute atomic E-state index is 0.132. The molecule has 0 spiro atoms. The van der Waals surface area contributed by atoms with Crippen molar-refractivity contribution < 1.29 is 9.59 Å². The molecule has 3 N–H and O–H groups in total. The van der Waals surface area contributed by atoms with Crippen LogP contribution in [0.4, 0.5) is 17.5 Å². The van der Waals surface area contributed by atoms with E-state index >= 15 is 0 Å². The van der Waals surface area contributed by atoms with Crippen molar-refractivity contribution in [2.45, 2.75) is 44.6 Å². The minimum atomic E-state index is -0.976. The summed E-state index contributed by atoms with van der Waals surface area (Å²) in [5, 5.41) is 6.05. The molecule has 1 fully saturated rings. The van der Waals surface area contributed by atoms with Crippen molar-refractivity contribution in [2.24, 2.45) is 0 Å². The summed E-state index contributed by atoms with van der Waals surface area (Å²) in [7, 11) is 0. The molecular weight excluding hydrogens is 429 g/mol. The van der Waals surface area contributed by atoms with E-state index < -0.39 is 17.4 Å². The first kappa shape index (κ1) is 20.7. The van der Waals surface area contributed by atoms with Crippen LogP contribution in [0.3, 0.4) is 0 Å². The Morgan fingerprint density at radius 3 is 2.63 bits per heavy atom. The van der Waals surface area contributed by atoms with Crippen LogP contribution in [0.15, 0.2) is 23.0 Å². The third kappa shape index (κ3) is 4.15. The molecule has 0 saturated carbocycles. The Kier molecular flexibility index (Phi) is 5.71. The molecule has 8 nitrogen and oxygen atoms in total. The number of nitrogens with one attached hydrogen (secondary N) is 3. The lowest BCUT2D eigenvalue weighted by atomic mass is 9.92. The van der Waals surface area contributed by atoms with Crippen LogP contribution in [-0.2, 0) is 9.59 Å². The highest BCUT2D eigenvalue weighted by atomic mass is 35.5. The molecule has 2 aliphatic rings. The van der Waals surface area contributed by atoms with E-state index in [1.54, 1.807) is 18.2 Å². The zero-order chi connectivity index (χ0) is 21.4. The summed E-state index contributed by atoms with van der Waals surface area (Å²) in [5.41, 5.74) is 0.0962. The molecule has 2 atom stereocenters. The summed E-state index contributed by atoms with van der Waals surface area (Å²) < 4.78 is 0. The van der Waals surface area contributed by atoms with E-state index in [-0.39, 0.29) is 29.8 Å². The number of nitrogens with zero attached hydrogens (tertiary/aromatic N) is 2. The first-order valence-electron chi connectivity index (χ1n) is 9.79. The molecule has 1 aromatic heterocycles. The van der Waals surface area contributed by atoms with E-state index in [9.17, 15) is 14.4 Å². The van der Waals surface area contributed by atoms with Gasteiger partial charge in [0, 0.05) is 34.7 Å². The lowest BCUT2D eigenvalue weighted by Gasteiger charge is -2.34. The van der Waals surface area contributed by atoms with Gasteiger partial charge < -0.3 is 15.5 Å². The molecule has 0 bridgehead atoms. The van der Waals surface area contributed by atoms with Crippen LogP contribution in [0.2, 0.25) is 10.0 Å². The number of hydrogen-bond acceptors (Lipinski definition) is 5. The summed E-state index contributed by atoms with van der Waals surface area (Å²) in [4.78, 5) is 47.4. The number of hydrogen-bond donors (Lipinski definition) is 3. The second-order valence-corrected chi connectivity index (χ2v) is 8.52. The topological polar surface area (TPSA) is 107 Å². The number of piperidine rings is 1. The molecule has 2 aliphatic heterocycles. The van der Waals surface area contributed by atoms with Gasteiger partial charge in [0.1, 0.15) is 5.82 Å².